The second-order valence-corrected chi connectivity index (χ2v) is 7.51. The number of hydrogen-bond acceptors (Lipinski definition) is 7. The van der Waals surface area contributed by atoms with Crippen molar-refractivity contribution in [2.24, 2.45) is 5.73 Å². The van der Waals surface area contributed by atoms with E-state index in [-0.39, 0.29) is 11.5 Å². The maximum Gasteiger partial charge on any atom is 0.254 e. The third kappa shape index (κ3) is 4.44. The summed E-state index contributed by atoms with van der Waals surface area (Å²) in [7, 11) is 0. The van der Waals surface area contributed by atoms with Crippen LogP contribution in [0.1, 0.15) is 48.2 Å². The van der Waals surface area contributed by atoms with Gasteiger partial charge in [-0.1, -0.05) is 0 Å². The zero-order chi connectivity index (χ0) is 20.4. The molecular weight excluding hydrogens is 370 g/mol. The largest absolute Gasteiger partial charge is 0.365 e. The molecular formula is C20H25N7O2. The van der Waals surface area contributed by atoms with Gasteiger partial charge in [0.15, 0.2) is 0 Å². The lowest BCUT2D eigenvalue weighted by Crippen LogP contribution is -2.34. The number of carbonyl (C=O) groups excluding carboxylic acids is 2. The Morgan fingerprint density at radius 1 is 1.10 bits per heavy atom. The number of primary amides is 1. The second kappa shape index (κ2) is 8.02. The zero-order valence-electron chi connectivity index (χ0n) is 16.5. The lowest BCUT2D eigenvalue weighted by Gasteiger charge is -2.22. The molecule has 29 heavy (non-hydrogen) atoms. The van der Waals surface area contributed by atoms with Crippen molar-refractivity contribution in [3.8, 4) is 0 Å². The Hall–Kier alpha value is -3.23. The van der Waals surface area contributed by atoms with Crippen LogP contribution >= 0.6 is 0 Å². The number of hydrogen-bond donors (Lipinski definition) is 2. The van der Waals surface area contributed by atoms with Crippen LogP contribution in [0.2, 0.25) is 0 Å². The minimum atomic E-state index is -0.597. The highest BCUT2D eigenvalue weighted by Crippen LogP contribution is 2.39. The molecule has 1 saturated carbocycles. The molecule has 4 rings (SSSR count). The number of amides is 2. The monoisotopic (exact) mass is 395 g/mol. The van der Waals surface area contributed by atoms with Gasteiger partial charge in [-0.25, -0.2) is 4.98 Å². The van der Waals surface area contributed by atoms with Gasteiger partial charge >= 0.3 is 0 Å². The fourth-order valence-corrected chi connectivity index (χ4v) is 3.47. The molecule has 1 aliphatic carbocycles. The molecule has 3 heterocycles. The van der Waals surface area contributed by atoms with Gasteiger partial charge < -0.3 is 20.9 Å². The van der Waals surface area contributed by atoms with Crippen LogP contribution in [0.5, 0.6) is 0 Å². The lowest BCUT2D eigenvalue weighted by atomic mass is 10.2. The molecule has 0 atom stereocenters. The third-order valence-corrected chi connectivity index (χ3v) is 5.31. The molecule has 1 aliphatic heterocycles. The van der Waals surface area contributed by atoms with Crippen LogP contribution in [0, 0.1) is 0 Å². The van der Waals surface area contributed by atoms with E-state index in [1.54, 1.807) is 13.1 Å². The topological polar surface area (TPSA) is 117 Å². The van der Waals surface area contributed by atoms with Crippen LogP contribution in [0.4, 0.5) is 17.5 Å². The number of nitrogens with two attached hydrogens (primary N) is 1. The third-order valence-electron chi connectivity index (χ3n) is 5.31. The quantitative estimate of drug-likeness (QED) is 0.790. The summed E-state index contributed by atoms with van der Waals surface area (Å²) in [6.07, 6.45) is 6.41. The molecule has 9 heteroatoms. The molecule has 2 aliphatic rings. The van der Waals surface area contributed by atoms with Crippen molar-refractivity contribution in [1.29, 1.82) is 0 Å². The van der Waals surface area contributed by atoms with Crippen LogP contribution in [-0.2, 0) is 4.79 Å². The highest BCUT2D eigenvalue weighted by molar-refractivity contribution is 5.98. The summed E-state index contributed by atoms with van der Waals surface area (Å²) in [6.45, 7) is 4.28. The number of pyridine rings is 1. The van der Waals surface area contributed by atoms with E-state index < -0.39 is 5.91 Å². The SMILES string of the molecule is CC(=O)N1CCCN(c2ncc(C(N)=O)c(Nc3ccc(C4CC4)nc3)n2)CC1. The smallest absolute Gasteiger partial charge is 0.254 e. The highest BCUT2D eigenvalue weighted by atomic mass is 16.2. The molecule has 0 bridgehead atoms. The number of nitrogens with zero attached hydrogens (tertiary/aromatic N) is 5. The highest BCUT2D eigenvalue weighted by Gasteiger charge is 2.25. The molecule has 0 spiro atoms. The molecule has 152 valence electrons. The van der Waals surface area contributed by atoms with E-state index in [4.69, 9.17) is 5.73 Å². The minimum Gasteiger partial charge on any atom is -0.365 e. The molecule has 1 saturated heterocycles. The van der Waals surface area contributed by atoms with Crippen LogP contribution in [-0.4, -0.2) is 57.8 Å². The predicted octanol–water partition coefficient (Wildman–Crippen LogP) is 1.65. The molecule has 0 radical (unpaired) electrons. The van der Waals surface area contributed by atoms with Crippen LogP contribution in [0.3, 0.4) is 0 Å². The Labute approximate surface area is 169 Å². The lowest BCUT2D eigenvalue weighted by molar-refractivity contribution is -0.128. The first-order valence-corrected chi connectivity index (χ1v) is 9.91. The van der Waals surface area contributed by atoms with E-state index in [2.05, 4.69) is 20.3 Å². The fraction of sp³-hybridized carbons (Fsp3) is 0.450. The van der Waals surface area contributed by atoms with Gasteiger partial charge in [0, 0.05) is 50.9 Å². The number of rotatable bonds is 5. The van der Waals surface area contributed by atoms with Crippen molar-refractivity contribution in [3.05, 3.63) is 35.8 Å². The maximum absolute atomic E-state index is 11.9. The summed E-state index contributed by atoms with van der Waals surface area (Å²) < 4.78 is 0. The first-order chi connectivity index (χ1) is 14.0. The van der Waals surface area contributed by atoms with E-state index >= 15 is 0 Å². The van der Waals surface area contributed by atoms with Gasteiger partial charge in [-0.2, -0.15) is 4.98 Å². The molecule has 2 aromatic heterocycles. The van der Waals surface area contributed by atoms with Gasteiger partial charge in [0.2, 0.25) is 11.9 Å². The molecule has 2 fully saturated rings. The molecule has 0 unspecified atom stereocenters. The van der Waals surface area contributed by atoms with E-state index in [1.807, 2.05) is 21.9 Å². The Bertz CT molecular complexity index is 912. The Morgan fingerprint density at radius 2 is 1.93 bits per heavy atom. The molecule has 3 N–H and O–H groups in total. The average molecular weight is 395 g/mol. The van der Waals surface area contributed by atoms with Crippen LogP contribution < -0.4 is 16.0 Å². The number of aromatic nitrogens is 3. The summed E-state index contributed by atoms with van der Waals surface area (Å²) >= 11 is 0. The summed E-state index contributed by atoms with van der Waals surface area (Å²) in [5.41, 5.74) is 7.56. The summed E-state index contributed by atoms with van der Waals surface area (Å²) in [4.78, 5) is 40.7. The number of nitrogens with one attached hydrogen (secondary N) is 1. The molecule has 0 aromatic carbocycles. The van der Waals surface area contributed by atoms with Crippen molar-refractivity contribution in [3.63, 3.8) is 0 Å². The summed E-state index contributed by atoms with van der Waals surface area (Å²) in [6, 6.07) is 3.93. The summed E-state index contributed by atoms with van der Waals surface area (Å²) in [5, 5.41) is 3.16. The summed E-state index contributed by atoms with van der Waals surface area (Å²) in [5.74, 6) is 0.914. The van der Waals surface area contributed by atoms with Crippen molar-refractivity contribution < 1.29 is 9.59 Å². The second-order valence-electron chi connectivity index (χ2n) is 7.51. The zero-order valence-corrected chi connectivity index (χ0v) is 16.5. The minimum absolute atomic E-state index is 0.0707. The average Bonchev–Trinajstić information content (AvgIpc) is 3.55. The molecule has 2 aromatic rings. The van der Waals surface area contributed by atoms with E-state index in [1.165, 1.54) is 19.0 Å². The number of anilines is 3. The van der Waals surface area contributed by atoms with Crippen LogP contribution in [0.25, 0.3) is 0 Å². The van der Waals surface area contributed by atoms with Gasteiger partial charge in [-0.05, 0) is 31.4 Å². The van der Waals surface area contributed by atoms with E-state index in [9.17, 15) is 9.59 Å². The molecule has 2 amide bonds. The van der Waals surface area contributed by atoms with Crippen LogP contribution in [0.15, 0.2) is 24.5 Å². The Morgan fingerprint density at radius 3 is 2.59 bits per heavy atom. The van der Waals surface area contributed by atoms with Gasteiger partial charge in [0.05, 0.1) is 11.9 Å². The number of carbonyl (C=O) groups is 2. The van der Waals surface area contributed by atoms with E-state index in [0.29, 0.717) is 30.8 Å². The van der Waals surface area contributed by atoms with Gasteiger partial charge in [0.1, 0.15) is 11.4 Å². The Kier molecular flexibility index (Phi) is 5.28. The standard InChI is InChI=1S/C20H25N7O2/c1-13(28)26-7-2-8-27(10-9-26)20-23-12-16(18(21)29)19(25-20)24-15-5-6-17(22-11-15)14-3-4-14/h5-6,11-12,14H,2-4,7-10H2,1H3,(H2,21,29)(H,23,24,25). The van der Waals surface area contributed by atoms with Gasteiger partial charge in [0.25, 0.3) is 5.91 Å². The van der Waals surface area contributed by atoms with Crippen molar-refractivity contribution in [2.45, 2.75) is 32.1 Å². The first kappa shape index (κ1) is 19.1. The van der Waals surface area contributed by atoms with Gasteiger partial charge in [-0.3, -0.25) is 14.6 Å². The molecule has 9 nitrogen and oxygen atoms in total. The predicted molar refractivity (Wildman–Crippen MR) is 109 cm³/mol. The normalized spacial score (nSPS) is 17.0. The van der Waals surface area contributed by atoms with E-state index in [0.717, 1.165) is 30.9 Å². The Balaban J connectivity index is 1.55. The van der Waals surface area contributed by atoms with Crippen molar-refractivity contribution >= 4 is 29.3 Å². The fourth-order valence-electron chi connectivity index (χ4n) is 3.47. The van der Waals surface area contributed by atoms with Gasteiger partial charge in [-0.15, -0.1) is 0 Å². The maximum atomic E-state index is 11.9. The van der Waals surface area contributed by atoms with Crippen molar-refractivity contribution in [2.75, 3.05) is 36.4 Å². The first-order valence-electron chi connectivity index (χ1n) is 9.91. The van der Waals surface area contributed by atoms with Crippen molar-refractivity contribution in [1.82, 2.24) is 19.9 Å².